The fourth-order valence-corrected chi connectivity index (χ4v) is 2.03. The number of hydrogen-bond acceptors (Lipinski definition) is 4. The first kappa shape index (κ1) is 16.7. The van der Waals surface area contributed by atoms with Gasteiger partial charge in [-0.05, 0) is 62.4 Å². The monoisotopic (exact) mass is 391 g/mol. The van der Waals surface area contributed by atoms with E-state index in [0.717, 1.165) is 3.57 Å². The van der Waals surface area contributed by atoms with Crippen molar-refractivity contribution in [3.63, 3.8) is 0 Å². The SMILES string of the molecule is CC(Nc1ccc(I)cc1[N+](=O)[O-])C(=O)NC(C)(C)C. The lowest BCUT2D eigenvalue weighted by Gasteiger charge is -2.24. The normalized spacial score (nSPS) is 12.7. The third kappa shape index (κ3) is 4.95. The lowest BCUT2D eigenvalue weighted by molar-refractivity contribution is -0.384. The van der Waals surface area contributed by atoms with Crippen LogP contribution in [0.1, 0.15) is 27.7 Å². The number of carbonyl (C=O) groups excluding carboxylic acids is 1. The lowest BCUT2D eigenvalue weighted by atomic mass is 10.1. The largest absolute Gasteiger partial charge is 0.368 e. The van der Waals surface area contributed by atoms with Gasteiger partial charge >= 0.3 is 0 Å². The Kier molecular flexibility index (Phi) is 5.32. The molecule has 0 aliphatic carbocycles. The summed E-state index contributed by atoms with van der Waals surface area (Å²) in [4.78, 5) is 22.5. The first-order valence-electron chi connectivity index (χ1n) is 6.12. The molecular weight excluding hydrogens is 373 g/mol. The van der Waals surface area contributed by atoms with Crippen LogP contribution in [0.3, 0.4) is 0 Å². The van der Waals surface area contributed by atoms with Gasteiger partial charge < -0.3 is 10.6 Å². The second-order valence-corrected chi connectivity index (χ2v) is 6.77. The van der Waals surface area contributed by atoms with Crippen molar-refractivity contribution in [3.05, 3.63) is 31.9 Å². The Balaban J connectivity index is 2.88. The first-order chi connectivity index (χ1) is 9.10. The standard InChI is InChI=1S/C13H18IN3O3/c1-8(12(18)16-13(2,3)4)15-10-6-5-9(14)7-11(10)17(19)20/h5-8,15H,1-4H3,(H,16,18). The molecule has 0 saturated heterocycles. The van der Waals surface area contributed by atoms with Gasteiger partial charge in [-0.15, -0.1) is 0 Å². The van der Waals surface area contributed by atoms with Crippen LogP contribution in [0.4, 0.5) is 11.4 Å². The van der Waals surface area contributed by atoms with E-state index >= 15 is 0 Å². The van der Waals surface area contributed by atoms with Gasteiger partial charge in [0.1, 0.15) is 11.7 Å². The molecule has 1 aromatic rings. The highest BCUT2D eigenvalue weighted by Crippen LogP contribution is 2.26. The second-order valence-electron chi connectivity index (χ2n) is 5.52. The Morgan fingerprint density at radius 1 is 1.40 bits per heavy atom. The summed E-state index contributed by atoms with van der Waals surface area (Å²) in [5, 5.41) is 16.7. The van der Waals surface area contributed by atoms with Crippen LogP contribution in [0.15, 0.2) is 18.2 Å². The molecule has 0 fully saturated rings. The van der Waals surface area contributed by atoms with Crippen molar-refractivity contribution in [2.75, 3.05) is 5.32 Å². The predicted octanol–water partition coefficient (Wildman–Crippen LogP) is 2.91. The van der Waals surface area contributed by atoms with Gasteiger partial charge in [0.15, 0.2) is 0 Å². The van der Waals surface area contributed by atoms with Crippen molar-refractivity contribution in [1.82, 2.24) is 5.32 Å². The molecule has 0 saturated carbocycles. The van der Waals surface area contributed by atoms with Gasteiger partial charge in [0.05, 0.1) is 4.92 Å². The second kappa shape index (κ2) is 6.38. The van der Waals surface area contributed by atoms with Crippen LogP contribution in [-0.2, 0) is 4.79 Å². The van der Waals surface area contributed by atoms with Crippen molar-refractivity contribution in [2.24, 2.45) is 0 Å². The minimum atomic E-state index is -0.562. The van der Waals surface area contributed by atoms with Gasteiger partial charge in [-0.1, -0.05) is 0 Å². The van der Waals surface area contributed by atoms with E-state index < -0.39 is 11.0 Å². The third-order valence-electron chi connectivity index (χ3n) is 2.42. The summed E-state index contributed by atoms with van der Waals surface area (Å²) in [6, 6.07) is 4.27. The average Bonchev–Trinajstić information content (AvgIpc) is 2.28. The number of nitrogens with one attached hydrogen (secondary N) is 2. The zero-order valence-electron chi connectivity index (χ0n) is 11.9. The summed E-state index contributed by atoms with van der Waals surface area (Å²) in [5.41, 5.74) is -0.0373. The summed E-state index contributed by atoms with van der Waals surface area (Å²) in [5.74, 6) is -0.203. The van der Waals surface area contributed by atoms with Gasteiger partial charge in [0.2, 0.25) is 5.91 Å². The summed E-state index contributed by atoms with van der Waals surface area (Å²) in [6.45, 7) is 7.31. The fourth-order valence-electron chi connectivity index (χ4n) is 1.55. The van der Waals surface area contributed by atoms with E-state index in [0.29, 0.717) is 5.69 Å². The molecule has 1 atom stereocenters. The Labute approximate surface area is 131 Å². The van der Waals surface area contributed by atoms with Gasteiger partial charge in [0, 0.05) is 15.2 Å². The average molecular weight is 391 g/mol. The molecule has 0 spiro atoms. The van der Waals surface area contributed by atoms with Crippen molar-refractivity contribution >= 4 is 39.9 Å². The number of nitro groups is 1. The zero-order chi connectivity index (χ0) is 15.5. The number of anilines is 1. The summed E-state index contributed by atoms with van der Waals surface area (Å²) in [6.07, 6.45) is 0. The number of rotatable bonds is 4. The number of nitro benzene ring substituents is 1. The van der Waals surface area contributed by atoms with E-state index in [9.17, 15) is 14.9 Å². The molecule has 0 radical (unpaired) electrons. The van der Waals surface area contributed by atoms with Gasteiger partial charge in [0.25, 0.3) is 5.69 Å². The molecule has 110 valence electrons. The van der Waals surface area contributed by atoms with Crippen LogP contribution in [0.25, 0.3) is 0 Å². The summed E-state index contributed by atoms with van der Waals surface area (Å²) in [7, 11) is 0. The Hall–Kier alpha value is -1.38. The van der Waals surface area contributed by atoms with Crippen molar-refractivity contribution < 1.29 is 9.72 Å². The highest BCUT2D eigenvalue weighted by Gasteiger charge is 2.22. The maximum absolute atomic E-state index is 12.0. The fraction of sp³-hybridized carbons (Fsp3) is 0.462. The third-order valence-corrected chi connectivity index (χ3v) is 3.09. The highest BCUT2D eigenvalue weighted by atomic mass is 127. The number of carbonyl (C=O) groups is 1. The molecule has 20 heavy (non-hydrogen) atoms. The van der Waals surface area contributed by atoms with E-state index in [1.54, 1.807) is 19.1 Å². The highest BCUT2D eigenvalue weighted by molar-refractivity contribution is 14.1. The maximum Gasteiger partial charge on any atom is 0.293 e. The summed E-state index contributed by atoms with van der Waals surface area (Å²) >= 11 is 2.01. The molecule has 2 N–H and O–H groups in total. The molecule has 1 aromatic carbocycles. The first-order valence-corrected chi connectivity index (χ1v) is 7.20. The maximum atomic E-state index is 12.0. The van der Waals surface area contributed by atoms with E-state index in [2.05, 4.69) is 10.6 Å². The van der Waals surface area contributed by atoms with Crippen molar-refractivity contribution in [2.45, 2.75) is 39.3 Å². The topological polar surface area (TPSA) is 84.3 Å². The van der Waals surface area contributed by atoms with Crippen LogP contribution in [0.5, 0.6) is 0 Å². The Bertz CT molecular complexity index is 526. The molecule has 0 aromatic heterocycles. The molecule has 1 amide bonds. The predicted molar refractivity (Wildman–Crippen MR) is 86.8 cm³/mol. The van der Waals surface area contributed by atoms with Crippen LogP contribution in [0, 0.1) is 13.7 Å². The van der Waals surface area contributed by atoms with Crippen LogP contribution < -0.4 is 10.6 Å². The van der Waals surface area contributed by atoms with Gasteiger partial charge in [-0.25, -0.2) is 0 Å². The molecular formula is C13H18IN3O3. The van der Waals surface area contributed by atoms with E-state index in [-0.39, 0.29) is 17.1 Å². The molecule has 0 aliphatic heterocycles. The molecule has 0 heterocycles. The van der Waals surface area contributed by atoms with E-state index in [4.69, 9.17) is 0 Å². The quantitative estimate of drug-likeness (QED) is 0.470. The molecule has 6 nitrogen and oxygen atoms in total. The number of halogens is 1. The number of benzene rings is 1. The van der Waals surface area contributed by atoms with Gasteiger partial charge in [-0.3, -0.25) is 14.9 Å². The molecule has 0 bridgehead atoms. The molecule has 7 heteroatoms. The van der Waals surface area contributed by atoms with E-state index in [1.165, 1.54) is 6.07 Å². The number of nitrogens with zero attached hydrogens (tertiary/aromatic N) is 1. The zero-order valence-corrected chi connectivity index (χ0v) is 14.0. The Morgan fingerprint density at radius 2 is 2.00 bits per heavy atom. The number of amides is 1. The van der Waals surface area contributed by atoms with Crippen LogP contribution in [0.2, 0.25) is 0 Å². The number of hydrogen-bond donors (Lipinski definition) is 2. The van der Waals surface area contributed by atoms with Crippen molar-refractivity contribution in [3.8, 4) is 0 Å². The minimum absolute atomic E-state index is 0.0349. The van der Waals surface area contributed by atoms with Crippen molar-refractivity contribution in [1.29, 1.82) is 0 Å². The van der Waals surface area contributed by atoms with E-state index in [1.807, 2.05) is 43.4 Å². The lowest BCUT2D eigenvalue weighted by Crippen LogP contribution is -2.47. The van der Waals surface area contributed by atoms with Gasteiger partial charge in [-0.2, -0.15) is 0 Å². The molecule has 0 aliphatic rings. The summed E-state index contributed by atoms with van der Waals surface area (Å²) < 4.78 is 0.770. The Morgan fingerprint density at radius 3 is 2.50 bits per heavy atom. The minimum Gasteiger partial charge on any atom is -0.368 e. The molecule has 1 unspecified atom stereocenters. The van der Waals surface area contributed by atoms with Crippen LogP contribution >= 0.6 is 22.6 Å². The van der Waals surface area contributed by atoms with Crippen LogP contribution in [-0.4, -0.2) is 22.4 Å². The smallest absolute Gasteiger partial charge is 0.293 e. The molecule has 1 rings (SSSR count).